The summed E-state index contributed by atoms with van der Waals surface area (Å²) in [5.74, 6) is -0.0898. The van der Waals surface area contributed by atoms with Crippen LogP contribution in [0.5, 0.6) is 0 Å². The second-order valence-electron chi connectivity index (χ2n) is 3.41. The smallest absolute Gasteiger partial charge is 0.224 e. The van der Waals surface area contributed by atoms with Crippen LogP contribution < -0.4 is 4.90 Å². The molecule has 0 unspecified atom stereocenters. The number of alkyl halides is 1. The van der Waals surface area contributed by atoms with E-state index >= 15 is 0 Å². The van der Waals surface area contributed by atoms with Crippen molar-refractivity contribution in [1.82, 2.24) is 0 Å². The molecule has 1 rings (SSSR count). The second kappa shape index (κ2) is 4.86. The maximum Gasteiger partial charge on any atom is 0.224 e. The topological polar surface area (TPSA) is 20.3 Å². The summed E-state index contributed by atoms with van der Waals surface area (Å²) in [4.78, 5) is 12.8. The van der Waals surface area contributed by atoms with Crippen molar-refractivity contribution < 1.29 is 4.79 Å². The zero-order valence-corrected chi connectivity index (χ0v) is 10.5. The average molecular weight is 246 g/mol. The van der Waals surface area contributed by atoms with Gasteiger partial charge in [-0.15, -0.1) is 11.6 Å². The zero-order chi connectivity index (χ0) is 11.6. The summed E-state index contributed by atoms with van der Waals surface area (Å²) in [6.07, 6.45) is 0. The van der Waals surface area contributed by atoms with Crippen LogP contribution in [-0.4, -0.2) is 11.9 Å². The van der Waals surface area contributed by atoms with E-state index in [-0.39, 0.29) is 11.9 Å². The molecule has 0 aromatic heterocycles. The third kappa shape index (κ3) is 2.44. The molecule has 82 valence electrons. The summed E-state index contributed by atoms with van der Waals surface area (Å²) < 4.78 is 0. The third-order valence-electron chi connectivity index (χ3n) is 2.34. The quantitative estimate of drug-likeness (QED) is 0.577. The number of halogens is 2. The SMILES string of the molecule is CC(=O)N(CCl)c1ccc(C)c(Cl)c1C. The Balaban J connectivity index is 3.25. The summed E-state index contributed by atoms with van der Waals surface area (Å²) in [5.41, 5.74) is 2.65. The lowest BCUT2D eigenvalue weighted by Crippen LogP contribution is -2.27. The molecule has 0 N–H and O–H groups in total. The largest absolute Gasteiger partial charge is 0.298 e. The van der Waals surface area contributed by atoms with Crippen LogP contribution in [0.3, 0.4) is 0 Å². The molecular weight excluding hydrogens is 233 g/mol. The predicted molar refractivity (Wildman–Crippen MR) is 64.8 cm³/mol. The summed E-state index contributed by atoms with van der Waals surface area (Å²) in [5, 5.41) is 0.684. The Morgan fingerprint density at radius 3 is 2.47 bits per heavy atom. The molecule has 0 atom stereocenters. The molecule has 0 aliphatic carbocycles. The van der Waals surface area contributed by atoms with Crippen LogP contribution in [-0.2, 0) is 4.79 Å². The van der Waals surface area contributed by atoms with E-state index in [1.165, 1.54) is 11.8 Å². The molecule has 0 aliphatic rings. The van der Waals surface area contributed by atoms with E-state index in [9.17, 15) is 4.79 Å². The van der Waals surface area contributed by atoms with E-state index in [1.54, 1.807) is 0 Å². The van der Waals surface area contributed by atoms with Crippen molar-refractivity contribution in [1.29, 1.82) is 0 Å². The van der Waals surface area contributed by atoms with Gasteiger partial charge in [0.25, 0.3) is 0 Å². The van der Waals surface area contributed by atoms with Gasteiger partial charge in [0.05, 0.1) is 0 Å². The molecule has 0 saturated heterocycles. The van der Waals surface area contributed by atoms with E-state index in [0.29, 0.717) is 5.02 Å². The van der Waals surface area contributed by atoms with Crippen LogP contribution in [0.1, 0.15) is 18.1 Å². The highest BCUT2D eigenvalue weighted by molar-refractivity contribution is 6.32. The van der Waals surface area contributed by atoms with Gasteiger partial charge in [-0.05, 0) is 31.0 Å². The number of hydrogen-bond acceptors (Lipinski definition) is 1. The number of carbonyl (C=O) groups excluding carboxylic acids is 1. The molecule has 1 amide bonds. The molecule has 0 aliphatic heterocycles. The third-order valence-corrected chi connectivity index (χ3v) is 3.16. The van der Waals surface area contributed by atoms with E-state index in [4.69, 9.17) is 23.2 Å². The Kier molecular flexibility index (Phi) is 4.00. The van der Waals surface area contributed by atoms with Gasteiger partial charge in [0.1, 0.15) is 6.00 Å². The number of rotatable bonds is 2. The fourth-order valence-electron chi connectivity index (χ4n) is 1.42. The minimum absolute atomic E-state index is 0.0898. The maximum atomic E-state index is 11.3. The minimum atomic E-state index is -0.0898. The highest BCUT2D eigenvalue weighted by atomic mass is 35.5. The molecule has 1 aromatic rings. The van der Waals surface area contributed by atoms with E-state index in [1.807, 2.05) is 26.0 Å². The normalized spacial score (nSPS) is 10.2. The molecule has 0 saturated carbocycles. The van der Waals surface area contributed by atoms with Crippen molar-refractivity contribution in [3.63, 3.8) is 0 Å². The molecule has 0 radical (unpaired) electrons. The number of nitrogens with zero attached hydrogens (tertiary/aromatic N) is 1. The van der Waals surface area contributed by atoms with Gasteiger partial charge in [0.2, 0.25) is 5.91 Å². The number of anilines is 1. The highest BCUT2D eigenvalue weighted by Crippen LogP contribution is 2.29. The Morgan fingerprint density at radius 2 is 2.00 bits per heavy atom. The lowest BCUT2D eigenvalue weighted by atomic mass is 10.1. The van der Waals surface area contributed by atoms with E-state index in [2.05, 4.69) is 0 Å². The summed E-state index contributed by atoms with van der Waals surface area (Å²) in [6, 6.07) is 3.88. The van der Waals surface area contributed by atoms with Crippen LogP contribution in [0.25, 0.3) is 0 Å². The molecule has 15 heavy (non-hydrogen) atoms. The Morgan fingerprint density at radius 1 is 1.40 bits per heavy atom. The van der Waals surface area contributed by atoms with E-state index in [0.717, 1.165) is 16.8 Å². The van der Waals surface area contributed by atoms with Crippen LogP contribution in [0.15, 0.2) is 12.1 Å². The molecular formula is C11H13Cl2NO. The van der Waals surface area contributed by atoms with Crippen molar-refractivity contribution >= 4 is 34.8 Å². The van der Waals surface area contributed by atoms with Gasteiger partial charge in [0, 0.05) is 17.6 Å². The maximum absolute atomic E-state index is 11.3. The Hall–Kier alpha value is -0.730. The van der Waals surface area contributed by atoms with Gasteiger partial charge in [-0.3, -0.25) is 9.69 Å². The molecule has 0 heterocycles. The van der Waals surface area contributed by atoms with Crippen molar-refractivity contribution in [2.45, 2.75) is 20.8 Å². The first-order valence-electron chi connectivity index (χ1n) is 4.58. The lowest BCUT2D eigenvalue weighted by molar-refractivity contribution is -0.116. The number of benzene rings is 1. The lowest BCUT2D eigenvalue weighted by Gasteiger charge is -2.21. The standard InChI is InChI=1S/C11H13Cl2NO/c1-7-4-5-10(8(2)11(7)13)14(6-12)9(3)15/h4-5H,6H2,1-3H3. The Bertz CT molecular complexity index is 390. The minimum Gasteiger partial charge on any atom is -0.298 e. The molecule has 0 bridgehead atoms. The van der Waals surface area contributed by atoms with Gasteiger partial charge in [-0.25, -0.2) is 0 Å². The van der Waals surface area contributed by atoms with Crippen LogP contribution in [0, 0.1) is 13.8 Å². The number of hydrogen-bond donors (Lipinski definition) is 0. The van der Waals surface area contributed by atoms with Crippen LogP contribution in [0.2, 0.25) is 5.02 Å². The summed E-state index contributed by atoms with van der Waals surface area (Å²) in [7, 11) is 0. The van der Waals surface area contributed by atoms with Gasteiger partial charge >= 0.3 is 0 Å². The van der Waals surface area contributed by atoms with Gasteiger partial charge in [-0.2, -0.15) is 0 Å². The molecule has 0 fully saturated rings. The fourth-order valence-corrected chi connectivity index (χ4v) is 1.88. The first-order chi connectivity index (χ1) is 6.99. The first-order valence-corrected chi connectivity index (χ1v) is 5.50. The average Bonchev–Trinajstić information content (AvgIpc) is 2.18. The monoisotopic (exact) mass is 245 g/mol. The number of amides is 1. The molecule has 0 spiro atoms. The van der Waals surface area contributed by atoms with Crippen LogP contribution >= 0.6 is 23.2 Å². The fraction of sp³-hybridized carbons (Fsp3) is 0.364. The second-order valence-corrected chi connectivity index (χ2v) is 4.02. The summed E-state index contributed by atoms with van der Waals surface area (Å²) >= 11 is 11.8. The van der Waals surface area contributed by atoms with Crippen molar-refractivity contribution in [2.75, 3.05) is 10.9 Å². The zero-order valence-electron chi connectivity index (χ0n) is 8.97. The van der Waals surface area contributed by atoms with Crippen LogP contribution in [0.4, 0.5) is 5.69 Å². The molecule has 2 nitrogen and oxygen atoms in total. The highest BCUT2D eigenvalue weighted by Gasteiger charge is 2.14. The van der Waals surface area contributed by atoms with E-state index < -0.39 is 0 Å². The van der Waals surface area contributed by atoms with Gasteiger partial charge < -0.3 is 0 Å². The Labute approximate surface area is 99.8 Å². The first kappa shape index (κ1) is 12.3. The molecule has 1 aromatic carbocycles. The molecule has 4 heteroatoms. The predicted octanol–water partition coefficient (Wildman–Crippen LogP) is 3.51. The van der Waals surface area contributed by atoms with Crippen molar-refractivity contribution in [3.8, 4) is 0 Å². The number of carbonyl (C=O) groups is 1. The van der Waals surface area contributed by atoms with Crippen molar-refractivity contribution in [3.05, 3.63) is 28.3 Å². The number of aryl methyl sites for hydroxylation is 1. The van der Waals surface area contributed by atoms with Gasteiger partial charge in [0.15, 0.2) is 0 Å². The summed E-state index contributed by atoms with van der Waals surface area (Å²) in [6.45, 7) is 5.29. The van der Waals surface area contributed by atoms with Gasteiger partial charge in [-0.1, -0.05) is 17.7 Å². The van der Waals surface area contributed by atoms with Crippen molar-refractivity contribution in [2.24, 2.45) is 0 Å².